The van der Waals surface area contributed by atoms with Gasteiger partial charge in [0.1, 0.15) is 24.1 Å². The van der Waals surface area contributed by atoms with Crippen LogP contribution in [0.2, 0.25) is 0 Å². The van der Waals surface area contributed by atoms with Gasteiger partial charge in [0, 0.05) is 17.1 Å². The molecule has 12 heteroatoms. The molecule has 0 aliphatic heterocycles. The number of carbonyl (C=O) groups is 1. The maximum absolute atomic E-state index is 13.8. The zero-order valence-electron chi connectivity index (χ0n) is 19.0. The first-order valence-electron chi connectivity index (χ1n) is 10.2. The van der Waals surface area contributed by atoms with Gasteiger partial charge >= 0.3 is 0 Å². The van der Waals surface area contributed by atoms with E-state index in [4.69, 9.17) is 9.47 Å². The number of nitrogens with one attached hydrogen (secondary N) is 1. The van der Waals surface area contributed by atoms with E-state index in [1.165, 1.54) is 33.1 Å². The standard InChI is InChI=1S/C23H21FN4O5S2/c1-14(2)35(30,31)23-27-22(34-28-23)26-21(29)17(12-25)10-15-8-9-19(20(11-15)32-3)33-13-16-6-4-5-7-18(16)24/h4-11,14H,13H2,1-3H3,(H,26,27,28,29). The quantitative estimate of drug-likeness (QED) is 0.334. The number of amides is 1. The second-order valence-corrected chi connectivity index (χ2v) is 10.5. The van der Waals surface area contributed by atoms with Crippen LogP contribution >= 0.6 is 11.5 Å². The molecule has 1 amide bonds. The van der Waals surface area contributed by atoms with Crippen molar-refractivity contribution in [2.75, 3.05) is 12.4 Å². The van der Waals surface area contributed by atoms with E-state index in [9.17, 15) is 22.9 Å². The first-order valence-corrected chi connectivity index (χ1v) is 12.5. The van der Waals surface area contributed by atoms with Crippen LogP contribution in [-0.2, 0) is 21.2 Å². The SMILES string of the molecule is COc1cc(C=C(C#N)C(=O)Nc2nc(S(=O)(=O)C(C)C)ns2)ccc1OCc1ccccc1F. The number of hydrogen-bond acceptors (Lipinski definition) is 9. The number of nitrogens with zero attached hydrogens (tertiary/aromatic N) is 3. The van der Waals surface area contributed by atoms with Crippen molar-refractivity contribution < 1.29 is 27.1 Å². The summed E-state index contributed by atoms with van der Waals surface area (Å²) in [6.45, 7) is 2.98. The molecule has 1 heterocycles. The van der Waals surface area contributed by atoms with Crippen molar-refractivity contribution in [3.05, 3.63) is 65.0 Å². The van der Waals surface area contributed by atoms with Gasteiger partial charge in [-0.05, 0) is 43.7 Å². The van der Waals surface area contributed by atoms with Crippen LogP contribution in [0.4, 0.5) is 9.52 Å². The van der Waals surface area contributed by atoms with Crippen molar-refractivity contribution >= 4 is 38.5 Å². The molecule has 1 N–H and O–H groups in total. The van der Waals surface area contributed by atoms with Gasteiger partial charge in [-0.25, -0.2) is 12.8 Å². The highest BCUT2D eigenvalue weighted by molar-refractivity contribution is 7.91. The van der Waals surface area contributed by atoms with Gasteiger partial charge in [0.15, 0.2) is 11.5 Å². The molecule has 0 saturated heterocycles. The lowest BCUT2D eigenvalue weighted by Gasteiger charge is -2.12. The third-order valence-electron chi connectivity index (χ3n) is 4.71. The summed E-state index contributed by atoms with van der Waals surface area (Å²) in [5.41, 5.74) is 0.589. The Morgan fingerprint density at radius 3 is 2.66 bits per heavy atom. The fourth-order valence-corrected chi connectivity index (χ4v) is 4.43. The van der Waals surface area contributed by atoms with Crippen LogP contribution in [0.25, 0.3) is 6.08 Å². The first-order chi connectivity index (χ1) is 16.6. The van der Waals surface area contributed by atoms with Crippen molar-refractivity contribution in [3.63, 3.8) is 0 Å². The minimum atomic E-state index is -3.69. The van der Waals surface area contributed by atoms with Crippen LogP contribution in [0, 0.1) is 17.1 Å². The molecule has 0 unspecified atom stereocenters. The summed E-state index contributed by atoms with van der Waals surface area (Å²) in [6, 6.07) is 12.8. The van der Waals surface area contributed by atoms with Crippen LogP contribution < -0.4 is 14.8 Å². The Kier molecular flexibility index (Phi) is 8.16. The minimum absolute atomic E-state index is 0.0135. The van der Waals surface area contributed by atoms with Crippen LogP contribution in [0.15, 0.2) is 53.2 Å². The third kappa shape index (κ3) is 6.20. The molecule has 3 rings (SSSR count). The van der Waals surface area contributed by atoms with Crippen molar-refractivity contribution in [3.8, 4) is 17.6 Å². The van der Waals surface area contributed by atoms with Gasteiger partial charge in [-0.3, -0.25) is 10.1 Å². The van der Waals surface area contributed by atoms with Crippen molar-refractivity contribution in [2.24, 2.45) is 0 Å². The van der Waals surface area contributed by atoms with E-state index in [0.29, 0.717) is 34.2 Å². The highest BCUT2D eigenvalue weighted by Gasteiger charge is 2.25. The number of benzene rings is 2. The van der Waals surface area contributed by atoms with Crippen LogP contribution in [0.1, 0.15) is 25.0 Å². The Bertz CT molecular complexity index is 1410. The lowest BCUT2D eigenvalue weighted by atomic mass is 10.1. The van der Waals surface area contributed by atoms with E-state index in [2.05, 4.69) is 14.7 Å². The van der Waals surface area contributed by atoms with E-state index in [1.807, 2.05) is 0 Å². The molecule has 35 heavy (non-hydrogen) atoms. The molecule has 1 aromatic heterocycles. The number of nitriles is 1. The number of sulfone groups is 1. The zero-order chi connectivity index (χ0) is 25.6. The van der Waals surface area contributed by atoms with Crippen molar-refractivity contribution in [1.29, 1.82) is 5.26 Å². The van der Waals surface area contributed by atoms with E-state index in [0.717, 1.165) is 0 Å². The Morgan fingerprint density at radius 1 is 1.26 bits per heavy atom. The highest BCUT2D eigenvalue weighted by Crippen LogP contribution is 2.30. The number of carbonyl (C=O) groups excluding carboxylic acids is 1. The van der Waals surface area contributed by atoms with Gasteiger partial charge in [-0.15, -0.1) is 0 Å². The van der Waals surface area contributed by atoms with Gasteiger partial charge < -0.3 is 9.47 Å². The lowest BCUT2D eigenvalue weighted by molar-refractivity contribution is -0.112. The largest absolute Gasteiger partial charge is 0.493 e. The smallest absolute Gasteiger partial charge is 0.268 e. The average Bonchev–Trinajstić information content (AvgIpc) is 3.31. The number of ether oxygens (including phenoxy) is 2. The van der Waals surface area contributed by atoms with Gasteiger partial charge in [0.05, 0.1) is 12.4 Å². The molecule has 0 aliphatic rings. The fraction of sp³-hybridized carbons (Fsp3) is 0.217. The van der Waals surface area contributed by atoms with Gasteiger partial charge in [-0.1, -0.05) is 24.3 Å². The van der Waals surface area contributed by atoms with E-state index < -0.39 is 21.0 Å². The number of aromatic nitrogens is 2. The summed E-state index contributed by atoms with van der Waals surface area (Å²) in [5, 5.41) is 10.7. The van der Waals surface area contributed by atoms with E-state index >= 15 is 0 Å². The zero-order valence-corrected chi connectivity index (χ0v) is 20.6. The van der Waals surface area contributed by atoms with Gasteiger partial charge in [0.2, 0.25) is 15.0 Å². The molecule has 0 radical (unpaired) electrons. The molecule has 0 fully saturated rings. The molecule has 3 aromatic rings. The summed E-state index contributed by atoms with van der Waals surface area (Å²) in [5.74, 6) is -0.500. The number of hydrogen-bond donors (Lipinski definition) is 1. The summed E-state index contributed by atoms with van der Waals surface area (Å²) in [6.07, 6.45) is 1.32. The van der Waals surface area contributed by atoms with Crippen LogP contribution in [0.5, 0.6) is 11.5 Å². The van der Waals surface area contributed by atoms with E-state index in [1.54, 1.807) is 42.5 Å². The second kappa shape index (κ2) is 11.1. The topological polar surface area (TPSA) is 131 Å². The molecule has 0 saturated carbocycles. The molecular formula is C23H21FN4O5S2. The average molecular weight is 517 g/mol. The predicted octanol–water partition coefficient (Wildman–Crippen LogP) is 3.99. The maximum atomic E-state index is 13.8. The van der Waals surface area contributed by atoms with Crippen molar-refractivity contribution in [2.45, 2.75) is 30.9 Å². The minimum Gasteiger partial charge on any atom is -0.493 e. The number of anilines is 1. The number of halogens is 1. The molecule has 0 atom stereocenters. The van der Waals surface area contributed by atoms with E-state index in [-0.39, 0.29) is 28.3 Å². The van der Waals surface area contributed by atoms with Crippen LogP contribution in [-0.4, -0.2) is 36.0 Å². The Morgan fingerprint density at radius 2 is 2.00 bits per heavy atom. The van der Waals surface area contributed by atoms with Crippen LogP contribution in [0.3, 0.4) is 0 Å². The molecule has 9 nitrogen and oxygen atoms in total. The molecular weight excluding hydrogens is 495 g/mol. The molecule has 2 aromatic carbocycles. The number of rotatable bonds is 9. The Labute approximate surface area is 205 Å². The Balaban J connectivity index is 1.75. The monoisotopic (exact) mass is 516 g/mol. The predicted molar refractivity (Wildman–Crippen MR) is 128 cm³/mol. The summed E-state index contributed by atoms with van der Waals surface area (Å²) >= 11 is 0.697. The molecule has 182 valence electrons. The van der Waals surface area contributed by atoms with Gasteiger partial charge in [0.25, 0.3) is 11.1 Å². The first kappa shape index (κ1) is 25.8. The summed E-state index contributed by atoms with van der Waals surface area (Å²) in [4.78, 5) is 16.4. The third-order valence-corrected chi connectivity index (χ3v) is 7.39. The molecule has 0 bridgehead atoms. The highest BCUT2D eigenvalue weighted by atomic mass is 32.2. The normalized spacial score (nSPS) is 11.7. The summed E-state index contributed by atoms with van der Waals surface area (Å²) < 4.78 is 52.9. The fourth-order valence-electron chi connectivity index (χ4n) is 2.73. The van der Waals surface area contributed by atoms with Gasteiger partial charge in [-0.2, -0.15) is 14.6 Å². The molecule has 0 spiro atoms. The Hall–Kier alpha value is -3.82. The lowest BCUT2D eigenvalue weighted by Crippen LogP contribution is -2.16. The second-order valence-electron chi connectivity index (χ2n) is 7.39. The maximum Gasteiger partial charge on any atom is 0.268 e. The van der Waals surface area contributed by atoms with Crippen molar-refractivity contribution in [1.82, 2.24) is 9.36 Å². The number of methoxy groups -OCH3 is 1. The molecule has 0 aliphatic carbocycles. The summed E-state index contributed by atoms with van der Waals surface area (Å²) in [7, 11) is -2.27.